The predicted molar refractivity (Wildman–Crippen MR) is 90.4 cm³/mol. The molecule has 2 aromatic carbocycles. The second-order valence-electron chi connectivity index (χ2n) is 5.21. The number of carbonyl (C=O) groups excluding carboxylic acids is 1. The van der Waals surface area contributed by atoms with Gasteiger partial charge in [0.25, 0.3) is 0 Å². The van der Waals surface area contributed by atoms with Crippen LogP contribution in [0.4, 0.5) is 10.1 Å². The van der Waals surface area contributed by atoms with Gasteiger partial charge in [-0.05, 0) is 31.2 Å². The van der Waals surface area contributed by atoms with Gasteiger partial charge in [-0.2, -0.15) is 0 Å². The van der Waals surface area contributed by atoms with Crippen molar-refractivity contribution >= 4 is 23.2 Å². The van der Waals surface area contributed by atoms with Crippen molar-refractivity contribution in [2.45, 2.75) is 13.3 Å². The lowest BCUT2D eigenvalue weighted by atomic mass is 10.2. The van der Waals surface area contributed by atoms with Crippen LogP contribution in [0.25, 0.3) is 11.5 Å². The van der Waals surface area contributed by atoms with Gasteiger partial charge in [0.1, 0.15) is 5.76 Å². The van der Waals surface area contributed by atoms with Crippen molar-refractivity contribution in [1.82, 2.24) is 4.98 Å². The first-order chi connectivity index (χ1) is 11.5. The zero-order valence-corrected chi connectivity index (χ0v) is 13.6. The van der Waals surface area contributed by atoms with Crippen LogP contribution in [0.1, 0.15) is 11.5 Å². The van der Waals surface area contributed by atoms with Gasteiger partial charge in [-0.25, -0.2) is 9.37 Å². The number of carbonyl (C=O) groups is 1. The van der Waals surface area contributed by atoms with Crippen LogP contribution in [0.3, 0.4) is 0 Å². The van der Waals surface area contributed by atoms with E-state index in [4.69, 9.17) is 16.0 Å². The molecule has 4 nitrogen and oxygen atoms in total. The van der Waals surface area contributed by atoms with Gasteiger partial charge in [-0.1, -0.05) is 35.9 Å². The Hall–Kier alpha value is -2.66. The summed E-state index contributed by atoms with van der Waals surface area (Å²) in [5, 5.41) is 2.45. The van der Waals surface area contributed by atoms with E-state index in [9.17, 15) is 9.18 Å². The number of anilines is 1. The van der Waals surface area contributed by atoms with Gasteiger partial charge in [-0.3, -0.25) is 4.79 Å². The van der Waals surface area contributed by atoms with E-state index in [1.807, 2.05) is 30.3 Å². The minimum atomic E-state index is -0.658. The number of halogens is 2. The summed E-state index contributed by atoms with van der Waals surface area (Å²) in [6.45, 7) is 1.74. The van der Waals surface area contributed by atoms with Crippen molar-refractivity contribution in [3.63, 3.8) is 0 Å². The number of amides is 1. The Bertz CT molecular complexity index is 878. The van der Waals surface area contributed by atoms with Gasteiger partial charge in [0.05, 0.1) is 22.8 Å². The van der Waals surface area contributed by atoms with Crippen molar-refractivity contribution in [2.75, 3.05) is 5.32 Å². The van der Waals surface area contributed by atoms with Gasteiger partial charge < -0.3 is 9.73 Å². The summed E-state index contributed by atoms with van der Waals surface area (Å²) in [5.74, 6) is -0.0538. The molecule has 6 heteroatoms. The van der Waals surface area contributed by atoms with Crippen LogP contribution >= 0.6 is 11.6 Å². The average Bonchev–Trinajstić information content (AvgIpc) is 2.93. The molecule has 0 spiro atoms. The largest absolute Gasteiger partial charge is 0.441 e. The number of nitrogens with one attached hydrogen (secondary N) is 1. The number of hydrogen-bond acceptors (Lipinski definition) is 3. The van der Waals surface area contributed by atoms with Crippen LogP contribution in [-0.2, 0) is 11.2 Å². The molecule has 3 aromatic rings. The maximum Gasteiger partial charge on any atom is 0.230 e. The molecule has 0 bridgehead atoms. The molecule has 0 aliphatic heterocycles. The summed E-state index contributed by atoms with van der Waals surface area (Å²) >= 11 is 5.70. The van der Waals surface area contributed by atoms with Gasteiger partial charge >= 0.3 is 0 Å². The molecule has 0 atom stereocenters. The summed E-state index contributed by atoms with van der Waals surface area (Å²) < 4.78 is 19.4. The highest BCUT2D eigenvalue weighted by Gasteiger charge is 2.16. The Morgan fingerprint density at radius 3 is 2.71 bits per heavy atom. The molecule has 0 radical (unpaired) electrons. The van der Waals surface area contributed by atoms with Crippen molar-refractivity contribution in [3.8, 4) is 11.5 Å². The second-order valence-corrected chi connectivity index (χ2v) is 5.62. The topological polar surface area (TPSA) is 55.1 Å². The third-order valence-electron chi connectivity index (χ3n) is 3.47. The number of benzene rings is 2. The van der Waals surface area contributed by atoms with Crippen LogP contribution < -0.4 is 5.32 Å². The molecule has 0 saturated heterocycles. The Kier molecular flexibility index (Phi) is 4.62. The number of hydrogen-bond donors (Lipinski definition) is 1. The van der Waals surface area contributed by atoms with Gasteiger partial charge in [0.15, 0.2) is 5.82 Å². The molecule has 3 rings (SSSR count). The third kappa shape index (κ3) is 3.46. The highest BCUT2D eigenvalue weighted by molar-refractivity contribution is 6.31. The fourth-order valence-corrected chi connectivity index (χ4v) is 2.42. The first-order valence-corrected chi connectivity index (χ1v) is 7.68. The van der Waals surface area contributed by atoms with E-state index < -0.39 is 11.7 Å². The molecule has 1 aromatic heterocycles. The molecule has 0 saturated carbocycles. The first-order valence-electron chi connectivity index (χ1n) is 7.30. The van der Waals surface area contributed by atoms with Gasteiger partial charge in [-0.15, -0.1) is 0 Å². The first kappa shape index (κ1) is 16.2. The van der Waals surface area contributed by atoms with Crippen LogP contribution in [0.15, 0.2) is 52.9 Å². The standard InChI is InChI=1S/C18H14ClFN2O2/c1-11-15(22-18(24-11)12-6-3-2-4-7-12)10-16(23)21-14-9-5-8-13(19)17(14)20/h2-9H,10H2,1H3,(H,21,23). The predicted octanol–water partition coefficient (Wildman–Crippen LogP) is 4.62. The number of rotatable bonds is 4. The molecule has 0 aliphatic rings. The third-order valence-corrected chi connectivity index (χ3v) is 3.76. The summed E-state index contributed by atoms with van der Waals surface area (Å²) in [5.41, 5.74) is 1.37. The molecule has 0 aliphatic carbocycles. The van der Waals surface area contributed by atoms with E-state index in [1.54, 1.807) is 13.0 Å². The van der Waals surface area contributed by atoms with E-state index >= 15 is 0 Å². The fraction of sp³-hybridized carbons (Fsp3) is 0.111. The number of aromatic nitrogens is 1. The molecule has 1 amide bonds. The Labute approximate surface area is 143 Å². The van der Waals surface area contributed by atoms with Crippen molar-refractivity contribution < 1.29 is 13.6 Å². The van der Waals surface area contributed by atoms with Gasteiger partial charge in [0.2, 0.25) is 11.8 Å². The summed E-state index contributed by atoms with van der Waals surface area (Å²) in [6, 6.07) is 13.8. The van der Waals surface area contributed by atoms with E-state index in [1.165, 1.54) is 12.1 Å². The Morgan fingerprint density at radius 2 is 1.96 bits per heavy atom. The van der Waals surface area contributed by atoms with Crippen LogP contribution in [0.5, 0.6) is 0 Å². The van der Waals surface area contributed by atoms with Crippen LogP contribution in [-0.4, -0.2) is 10.9 Å². The second kappa shape index (κ2) is 6.84. The number of nitrogens with zero attached hydrogens (tertiary/aromatic N) is 1. The fourth-order valence-electron chi connectivity index (χ4n) is 2.24. The molecular weight excluding hydrogens is 331 g/mol. The highest BCUT2D eigenvalue weighted by atomic mass is 35.5. The summed E-state index contributed by atoms with van der Waals surface area (Å²) in [6.07, 6.45) is -0.0197. The smallest absolute Gasteiger partial charge is 0.230 e. The summed E-state index contributed by atoms with van der Waals surface area (Å²) in [4.78, 5) is 16.5. The molecule has 122 valence electrons. The van der Waals surface area contributed by atoms with E-state index in [0.29, 0.717) is 17.3 Å². The molecule has 0 unspecified atom stereocenters. The van der Waals surface area contributed by atoms with Gasteiger partial charge in [0, 0.05) is 5.56 Å². The lowest BCUT2D eigenvalue weighted by molar-refractivity contribution is -0.115. The van der Waals surface area contributed by atoms with Crippen molar-refractivity contribution in [1.29, 1.82) is 0 Å². The average molecular weight is 345 g/mol. The molecular formula is C18H14ClFN2O2. The Balaban J connectivity index is 1.75. The number of oxazole rings is 1. The maximum atomic E-state index is 13.8. The van der Waals surface area contributed by atoms with E-state index in [-0.39, 0.29) is 17.1 Å². The normalized spacial score (nSPS) is 10.6. The molecule has 0 fully saturated rings. The summed E-state index contributed by atoms with van der Waals surface area (Å²) in [7, 11) is 0. The Morgan fingerprint density at radius 1 is 1.21 bits per heavy atom. The van der Waals surface area contributed by atoms with Crippen LogP contribution in [0, 0.1) is 12.7 Å². The van der Waals surface area contributed by atoms with E-state index in [2.05, 4.69) is 10.3 Å². The minimum Gasteiger partial charge on any atom is -0.441 e. The molecule has 1 N–H and O–H groups in total. The maximum absolute atomic E-state index is 13.8. The lowest BCUT2D eigenvalue weighted by Crippen LogP contribution is -2.16. The lowest BCUT2D eigenvalue weighted by Gasteiger charge is -2.06. The SMILES string of the molecule is Cc1oc(-c2ccccc2)nc1CC(=O)Nc1cccc(Cl)c1F. The monoisotopic (exact) mass is 344 g/mol. The van der Waals surface area contributed by atoms with E-state index in [0.717, 1.165) is 5.56 Å². The zero-order chi connectivity index (χ0) is 17.1. The zero-order valence-electron chi connectivity index (χ0n) is 12.8. The van der Waals surface area contributed by atoms with Crippen molar-refractivity contribution in [2.24, 2.45) is 0 Å². The highest BCUT2D eigenvalue weighted by Crippen LogP contribution is 2.24. The number of aryl methyl sites for hydroxylation is 1. The minimum absolute atomic E-state index is 0.0197. The molecule has 24 heavy (non-hydrogen) atoms. The van der Waals surface area contributed by atoms with Crippen molar-refractivity contribution in [3.05, 3.63) is 70.8 Å². The van der Waals surface area contributed by atoms with Crippen LogP contribution in [0.2, 0.25) is 5.02 Å². The molecule has 1 heterocycles. The quantitative estimate of drug-likeness (QED) is 0.751.